The number of hydrogen-bond acceptors (Lipinski definition) is 8. The largest absolute Gasteiger partial charge is 0.494 e. The van der Waals surface area contributed by atoms with Gasteiger partial charge in [0, 0.05) is 62.4 Å². The van der Waals surface area contributed by atoms with Crippen molar-refractivity contribution in [3.05, 3.63) is 53.4 Å². The average molecular weight is 586 g/mol. The minimum absolute atomic E-state index is 0.238. The van der Waals surface area contributed by atoms with Crippen LogP contribution in [0.5, 0.6) is 5.75 Å². The second kappa shape index (κ2) is 12.9. The van der Waals surface area contributed by atoms with Crippen LogP contribution in [0.4, 0.5) is 33.2 Å². The van der Waals surface area contributed by atoms with Gasteiger partial charge in [-0.1, -0.05) is 25.6 Å². The fraction of sp³-hybridized carbons (Fsp3) is 0.448. The minimum atomic E-state index is -0.678. The van der Waals surface area contributed by atoms with Gasteiger partial charge in [0.2, 0.25) is 5.95 Å². The molecule has 0 aliphatic carbocycles. The molecule has 8 nitrogen and oxygen atoms in total. The highest BCUT2D eigenvalue weighted by molar-refractivity contribution is 7.64. The summed E-state index contributed by atoms with van der Waals surface area (Å²) in [6, 6.07) is 11.8. The predicted molar refractivity (Wildman–Crippen MR) is 166 cm³/mol. The second-order valence-electron chi connectivity index (χ2n) is 10.6. The summed E-state index contributed by atoms with van der Waals surface area (Å²) in [6.07, 6.45) is 3.88. The summed E-state index contributed by atoms with van der Waals surface area (Å²) >= 11 is 6.41. The first-order chi connectivity index (χ1) is 19.3. The van der Waals surface area contributed by atoms with Crippen LogP contribution >= 0.6 is 19.5 Å². The molecule has 0 amide bonds. The molecule has 5 rings (SSSR count). The Morgan fingerprint density at radius 1 is 1.00 bits per heavy atom. The van der Waals surface area contributed by atoms with E-state index in [1.807, 2.05) is 25.5 Å². The molecule has 214 valence electrons. The number of ether oxygens (including phenoxy) is 1. The first-order valence-corrected chi connectivity index (χ1v) is 16.3. The standard InChI is InChI=1S/C29H38ClFN7OP/c1-36-14-16-38(17-15-36)20-10-12-37(13-11-20)21-8-9-24(26(18-21)39-2)34-29-32-19-22(30)28(35-29)33-25-7-5-6-23(31)27(25)40(3)4/h5-9,18-20H,10-17H2,1-4H3,(H2,32,33,34,35). The maximum Gasteiger partial charge on any atom is 0.229 e. The number of aromatic nitrogens is 2. The lowest BCUT2D eigenvalue weighted by Gasteiger charge is -2.42. The monoisotopic (exact) mass is 585 g/mol. The van der Waals surface area contributed by atoms with Crippen LogP contribution in [-0.4, -0.2) is 92.6 Å². The van der Waals surface area contributed by atoms with E-state index in [4.69, 9.17) is 16.3 Å². The predicted octanol–water partition coefficient (Wildman–Crippen LogP) is 5.35. The van der Waals surface area contributed by atoms with Gasteiger partial charge in [-0.15, -0.1) is 0 Å². The maximum atomic E-state index is 14.5. The summed E-state index contributed by atoms with van der Waals surface area (Å²) < 4.78 is 20.3. The molecule has 2 aliphatic rings. The van der Waals surface area contributed by atoms with Gasteiger partial charge in [0.1, 0.15) is 16.6 Å². The van der Waals surface area contributed by atoms with Crippen molar-refractivity contribution in [2.45, 2.75) is 18.9 Å². The number of nitrogens with zero attached hydrogens (tertiary/aromatic N) is 5. The lowest BCUT2D eigenvalue weighted by Crippen LogP contribution is -2.52. The van der Waals surface area contributed by atoms with Crippen molar-refractivity contribution < 1.29 is 9.13 Å². The van der Waals surface area contributed by atoms with Gasteiger partial charge in [-0.3, -0.25) is 4.90 Å². The molecule has 2 fully saturated rings. The topological polar surface area (TPSA) is 68.8 Å². The number of anilines is 5. The van der Waals surface area contributed by atoms with E-state index in [1.54, 1.807) is 13.2 Å². The molecule has 0 radical (unpaired) electrons. The Balaban J connectivity index is 1.27. The van der Waals surface area contributed by atoms with Gasteiger partial charge in [0.05, 0.1) is 24.7 Å². The molecule has 0 unspecified atom stereocenters. The van der Waals surface area contributed by atoms with Crippen LogP contribution < -0.4 is 25.6 Å². The Labute approximate surface area is 242 Å². The van der Waals surface area contributed by atoms with Gasteiger partial charge < -0.3 is 25.2 Å². The van der Waals surface area contributed by atoms with Crippen molar-refractivity contribution in [2.24, 2.45) is 0 Å². The summed E-state index contributed by atoms with van der Waals surface area (Å²) in [5.41, 5.74) is 2.55. The maximum absolute atomic E-state index is 14.5. The first kappa shape index (κ1) is 28.8. The summed E-state index contributed by atoms with van der Waals surface area (Å²) in [4.78, 5) is 16.5. The molecule has 0 atom stereocenters. The molecule has 2 saturated heterocycles. The van der Waals surface area contributed by atoms with Crippen molar-refractivity contribution >= 4 is 53.7 Å². The number of likely N-dealkylation sites (N-methyl/N-ethyl adjacent to an activating group) is 1. The molecule has 3 heterocycles. The van der Waals surface area contributed by atoms with Crippen LogP contribution in [0.1, 0.15) is 12.8 Å². The Morgan fingerprint density at radius 2 is 1.75 bits per heavy atom. The Kier molecular flexibility index (Phi) is 9.26. The van der Waals surface area contributed by atoms with E-state index >= 15 is 0 Å². The number of hydrogen-bond donors (Lipinski definition) is 2. The third kappa shape index (κ3) is 6.60. The number of piperidine rings is 1. The molecule has 2 N–H and O–H groups in total. The molecule has 11 heteroatoms. The van der Waals surface area contributed by atoms with Gasteiger partial charge >= 0.3 is 0 Å². The van der Waals surface area contributed by atoms with E-state index in [-0.39, 0.29) is 5.82 Å². The molecule has 2 aliphatic heterocycles. The molecule has 0 saturated carbocycles. The van der Waals surface area contributed by atoms with Crippen LogP contribution in [0.15, 0.2) is 42.6 Å². The Morgan fingerprint density at radius 3 is 2.45 bits per heavy atom. The zero-order valence-electron chi connectivity index (χ0n) is 23.6. The van der Waals surface area contributed by atoms with Crippen LogP contribution in [0.3, 0.4) is 0 Å². The van der Waals surface area contributed by atoms with Gasteiger partial charge in [0.15, 0.2) is 5.82 Å². The fourth-order valence-electron chi connectivity index (χ4n) is 5.49. The molecule has 0 bridgehead atoms. The van der Waals surface area contributed by atoms with E-state index in [1.165, 1.54) is 38.2 Å². The molecular formula is C29H38ClFN7OP. The van der Waals surface area contributed by atoms with Crippen LogP contribution in [0, 0.1) is 5.82 Å². The first-order valence-electron chi connectivity index (χ1n) is 13.7. The molecule has 3 aromatic rings. The van der Waals surface area contributed by atoms with Crippen LogP contribution in [-0.2, 0) is 0 Å². The third-order valence-electron chi connectivity index (χ3n) is 7.75. The molecular weight excluding hydrogens is 548 g/mol. The van der Waals surface area contributed by atoms with E-state index in [0.717, 1.165) is 37.6 Å². The smallest absolute Gasteiger partial charge is 0.229 e. The number of benzene rings is 2. The molecule has 1 aromatic heterocycles. The van der Waals surface area contributed by atoms with Crippen molar-refractivity contribution in [2.75, 3.05) is 82.3 Å². The zero-order chi connectivity index (χ0) is 28.2. The highest BCUT2D eigenvalue weighted by Gasteiger charge is 2.27. The average Bonchev–Trinajstić information content (AvgIpc) is 2.95. The SMILES string of the molecule is COc1cc(N2CCC(N3CCN(C)CC3)CC2)ccc1Nc1ncc(Cl)c(Nc2cccc(F)c2P(C)C)n1. The third-order valence-corrected chi connectivity index (χ3v) is 9.37. The van der Waals surface area contributed by atoms with Gasteiger partial charge in [-0.25, -0.2) is 9.37 Å². The number of rotatable bonds is 8. The van der Waals surface area contributed by atoms with Gasteiger partial charge in [-0.2, -0.15) is 4.98 Å². The van der Waals surface area contributed by atoms with Crippen molar-refractivity contribution in [3.63, 3.8) is 0 Å². The Hall–Kier alpha value is -2.71. The zero-order valence-corrected chi connectivity index (χ0v) is 25.3. The molecule has 40 heavy (non-hydrogen) atoms. The number of piperazine rings is 1. The van der Waals surface area contributed by atoms with Crippen molar-refractivity contribution in [1.29, 1.82) is 0 Å². The van der Waals surface area contributed by atoms with E-state index in [9.17, 15) is 4.39 Å². The van der Waals surface area contributed by atoms with Gasteiger partial charge in [-0.05, 0) is 57.5 Å². The van der Waals surface area contributed by atoms with Crippen LogP contribution in [0.2, 0.25) is 5.02 Å². The summed E-state index contributed by atoms with van der Waals surface area (Å²) in [7, 11) is 3.19. The number of halogens is 2. The number of nitrogens with one attached hydrogen (secondary N) is 2. The van der Waals surface area contributed by atoms with Crippen molar-refractivity contribution in [1.82, 2.24) is 19.8 Å². The highest BCUT2D eigenvalue weighted by Crippen LogP contribution is 2.35. The van der Waals surface area contributed by atoms with E-state index in [2.05, 4.69) is 54.5 Å². The summed E-state index contributed by atoms with van der Waals surface area (Å²) in [5, 5.41) is 7.46. The normalized spacial score (nSPS) is 17.3. The summed E-state index contributed by atoms with van der Waals surface area (Å²) in [5.74, 6) is 1.24. The number of methoxy groups -OCH3 is 1. The molecule has 2 aromatic carbocycles. The fourth-order valence-corrected chi connectivity index (χ4v) is 6.74. The van der Waals surface area contributed by atoms with Crippen LogP contribution in [0.25, 0.3) is 0 Å². The molecule has 0 spiro atoms. The van der Waals surface area contributed by atoms with Crippen molar-refractivity contribution in [3.8, 4) is 5.75 Å². The van der Waals surface area contributed by atoms with E-state index in [0.29, 0.717) is 39.6 Å². The lowest BCUT2D eigenvalue weighted by atomic mass is 10.0. The van der Waals surface area contributed by atoms with E-state index < -0.39 is 7.92 Å². The quantitative estimate of drug-likeness (QED) is 0.343. The Bertz CT molecular complexity index is 1310. The second-order valence-corrected chi connectivity index (χ2v) is 13.3. The highest BCUT2D eigenvalue weighted by atomic mass is 35.5. The summed E-state index contributed by atoms with van der Waals surface area (Å²) in [6.45, 7) is 10.7. The lowest BCUT2D eigenvalue weighted by molar-refractivity contribution is 0.0982. The van der Waals surface area contributed by atoms with Gasteiger partial charge in [0.25, 0.3) is 0 Å². The minimum Gasteiger partial charge on any atom is -0.494 e.